The quantitative estimate of drug-likeness (QED) is 0.834. The Morgan fingerprint density at radius 3 is 2.19 bits per heavy atom. The van der Waals surface area contributed by atoms with Crippen molar-refractivity contribution < 1.29 is 9.59 Å². The van der Waals surface area contributed by atoms with Crippen molar-refractivity contribution in [3.05, 3.63) is 77.4 Å². The minimum absolute atomic E-state index is 0.0208. The van der Waals surface area contributed by atoms with E-state index in [1.807, 2.05) is 54.6 Å². The molecule has 0 unspecified atom stereocenters. The lowest BCUT2D eigenvalue weighted by molar-refractivity contribution is -0.119. The predicted molar refractivity (Wildman–Crippen MR) is 106 cm³/mol. The van der Waals surface area contributed by atoms with Crippen LogP contribution in [0.4, 0.5) is 0 Å². The van der Waals surface area contributed by atoms with Crippen LogP contribution < -0.4 is 11.1 Å². The van der Waals surface area contributed by atoms with Gasteiger partial charge in [-0.15, -0.1) is 0 Å². The largest absolute Gasteiger partial charge is 0.368 e. The summed E-state index contributed by atoms with van der Waals surface area (Å²) in [6.07, 6.45) is 4.09. The summed E-state index contributed by atoms with van der Waals surface area (Å²) in [4.78, 5) is 24.1. The second-order valence-electron chi connectivity index (χ2n) is 7.30. The van der Waals surface area contributed by atoms with Gasteiger partial charge < -0.3 is 11.1 Å². The lowest BCUT2D eigenvalue weighted by Crippen LogP contribution is -2.44. The third kappa shape index (κ3) is 5.59. The number of carbonyl (C=O) groups is 2. The molecule has 3 N–H and O–H groups in total. The maximum atomic E-state index is 12.4. The van der Waals surface area contributed by atoms with E-state index in [-0.39, 0.29) is 11.3 Å². The van der Waals surface area contributed by atoms with Gasteiger partial charge in [0.15, 0.2) is 0 Å². The third-order valence-electron chi connectivity index (χ3n) is 4.14. The summed E-state index contributed by atoms with van der Waals surface area (Å²) >= 11 is 0. The molecule has 0 aliphatic heterocycles. The van der Waals surface area contributed by atoms with Gasteiger partial charge in [0, 0.05) is 5.56 Å². The van der Waals surface area contributed by atoms with Crippen LogP contribution in [0.1, 0.15) is 48.7 Å². The summed E-state index contributed by atoms with van der Waals surface area (Å²) in [5, 5.41) is 2.71. The van der Waals surface area contributed by atoms with Gasteiger partial charge in [-0.05, 0) is 35.1 Å². The average Bonchev–Trinajstić information content (AvgIpc) is 2.61. The van der Waals surface area contributed by atoms with Crippen LogP contribution in [-0.2, 0) is 10.2 Å². The summed E-state index contributed by atoms with van der Waals surface area (Å²) in [7, 11) is 0. The Labute approximate surface area is 155 Å². The van der Waals surface area contributed by atoms with Gasteiger partial charge in [-0.2, -0.15) is 0 Å². The lowest BCUT2D eigenvalue weighted by atomic mass is 9.86. The van der Waals surface area contributed by atoms with Crippen LogP contribution in [0.5, 0.6) is 0 Å². The van der Waals surface area contributed by atoms with Crippen molar-refractivity contribution in [1.82, 2.24) is 5.32 Å². The van der Waals surface area contributed by atoms with Crippen LogP contribution in [0, 0.1) is 0 Å². The van der Waals surface area contributed by atoms with Crippen LogP contribution in [0.2, 0.25) is 0 Å². The number of hydrogen-bond donors (Lipinski definition) is 2. The van der Waals surface area contributed by atoms with E-state index in [9.17, 15) is 9.59 Å². The van der Waals surface area contributed by atoms with Crippen LogP contribution in [0.15, 0.2) is 60.7 Å². The molecule has 0 radical (unpaired) electrons. The number of benzene rings is 2. The molecule has 0 saturated heterocycles. The fourth-order valence-corrected chi connectivity index (χ4v) is 2.51. The molecule has 4 nitrogen and oxygen atoms in total. The van der Waals surface area contributed by atoms with Gasteiger partial charge in [-0.25, -0.2) is 0 Å². The molecule has 0 aromatic heterocycles. The zero-order chi connectivity index (χ0) is 19.2. The van der Waals surface area contributed by atoms with Gasteiger partial charge in [-0.1, -0.05) is 75.4 Å². The van der Waals surface area contributed by atoms with Gasteiger partial charge in [0.2, 0.25) is 5.91 Å². The monoisotopic (exact) mass is 350 g/mol. The molecule has 1 atom stereocenters. The molecule has 0 aliphatic rings. The number of primary amides is 1. The minimum Gasteiger partial charge on any atom is -0.368 e. The highest BCUT2D eigenvalue weighted by Gasteiger charge is 2.19. The minimum atomic E-state index is -0.746. The molecule has 2 amide bonds. The van der Waals surface area contributed by atoms with Gasteiger partial charge >= 0.3 is 0 Å². The first-order chi connectivity index (χ1) is 12.3. The maximum absolute atomic E-state index is 12.4. The third-order valence-corrected chi connectivity index (χ3v) is 4.14. The van der Waals surface area contributed by atoms with Gasteiger partial charge in [-0.3, -0.25) is 9.59 Å². The molecule has 0 bridgehead atoms. The molecule has 0 heterocycles. The van der Waals surface area contributed by atoms with Crippen molar-refractivity contribution in [1.29, 1.82) is 0 Å². The van der Waals surface area contributed by atoms with Gasteiger partial charge in [0.05, 0.1) is 0 Å². The SMILES string of the molecule is CC(C)(C)c1ccc(C(=O)N[C@@H](C/C=C/c2ccccc2)C(N)=O)cc1. The van der Waals surface area contributed by atoms with Crippen molar-refractivity contribution in [3.63, 3.8) is 0 Å². The molecule has 136 valence electrons. The van der Waals surface area contributed by atoms with E-state index in [4.69, 9.17) is 5.73 Å². The molecule has 0 fully saturated rings. The number of amides is 2. The van der Waals surface area contributed by atoms with Crippen LogP contribution in [-0.4, -0.2) is 17.9 Å². The highest BCUT2D eigenvalue weighted by Crippen LogP contribution is 2.22. The Kier molecular flexibility index (Phi) is 6.34. The summed E-state index contributed by atoms with van der Waals surface area (Å²) in [6, 6.07) is 16.4. The van der Waals surface area contributed by atoms with Crippen LogP contribution in [0.3, 0.4) is 0 Å². The molecule has 0 aliphatic carbocycles. The van der Waals surface area contributed by atoms with Crippen LogP contribution in [0.25, 0.3) is 6.08 Å². The Bertz CT molecular complexity index is 772. The van der Waals surface area contributed by atoms with E-state index in [2.05, 4.69) is 26.1 Å². The standard InChI is InChI=1S/C22H26N2O2/c1-22(2,3)18-14-12-17(13-15-18)21(26)24-19(20(23)25)11-7-10-16-8-5-4-6-9-16/h4-10,12-15,19H,11H2,1-3H3,(H2,23,25)(H,24,26)/b10-7+/t19-/m0/s1. The maximum Gasteiger partial charge on any atom is 0.251 e. The number of nitrogens with one attached hydrogen (secondary N) is 1. The smallest absolute Gasteiger partial charge is 0.251 e. The Morgan fingerprint density at radius 1 is 1.04 bits per heavy atom. The van der Waals surface area contributed by atoms with Crippen molar-refractivity contribution in [2.24, 2.45) is 5.73 Å². The van der Waals surface area contributed by atoms with E-state index < -0.39 is 11.9 Å². The van der Waals surface area contributed by atoms with Crippen molar-refractivity contribution in [2.75, 3.05) is 0 Å². The first-order valence-electron chi connectivity index (χ1n) is 8.69. The second kappa shape index (κ2) is 8.48. The van der Waals surface area contributed by atoms with Gasteiger partial charge in [0.25, 0.3) is 5.91 Å². The molecule has 2 rings (SSSR count). The summed E-state index contributed by atoms with van der Waals surface area (Å²) in [5.74, 6) is -0.857. The lowest BCUT2D eigenvalue weighted by Gasteiger charge is -2.19. The van der Waals surface area contributed by atoms with E-state index in [0.29, 0.717) is 12.0 Å². The van der Waals surface area contributed by atoms with E-state index in [1.54, 1.807) is 12.1 Å². The van der Waals surface area contributed by atoms with Crippen LogP contribution >= 0.6 is 0 Å². The number of rotatable bonds is 6. The Hall–Kier alpha value is -2.88. The highest BCUT2D eigenvalue weighted by molar-refractivity contribution is 5.97. The van der Waals surface area contributed by atoms with Crippen molar-refractivity contribution in [2.45, 2.75) is 38.6 Å². The number of carbonyl (C=O) groups excluding carboxylic acids is 2. The van der Waals surface area contributed by atoms with Crippen molar-refractivity contribution >= 4 is 17.9 Å². The van der Waals surface area contributed by atoms with Gasteiger partial charge in [0.1, 0.15) is 6.04 Å². The first-order valence-corrected chi connectivity index (χ1v) is 8.69. The summed E-state index contributed by atoms with van der Waals surface area (Å²) in [6.45, 7) is 6.35. The Balaban J connectivity index is 2.01. The normalized spacial score (nSPS) is 12.7. The van der Waals surface area contributed by atoms with E-state index in [1.165, 1.54) is 0 Å². The first kappa shape index (κ1) is 19.4. The van der Waals surface area contributed by atoms with E-state index in [0.717, 1.165) is 11.1 Å². The fourth-order valence-electron chi connectivity index (χ4n) is 2.51. The molecule has 2 aromatic rings. The highest BCUT2D eigenvalue weighted by atomic mass is 16.2. The summed E-state index contributed by atoms with van der Waals surface area (Å²) in [5.41, 5.74) is 8.14. The topological polar surface area (TPSA) is 72.2 Å². The molecule has 26 heavy (non-hydrogen) atoms. The zero-order valence-electron chi connectivity index (χ0n) is 15.5. The van der Waals surface area contributed by atoms with Crippen molar-refractivity contribution in [3.8, 4) is 0 Å². The molecular weight excluding hydrogens is 324 g/mol. The molecular formula is C22H26N2O2. The Morgan fingerprint density at radius 2 is 1.65 bits per heavy atom. The zero-order valence-corrected chi connectivity index (χ0v) is 15.5. The number of nitrogens with two attached hydrogens (primary N) is 1. The molecule has 0 saturated carbocycles. The van der Waals surface area contributed by atoms with E-state index >= 15 is 0 Å². The average molecular weight is 350 g/mol. The molecule has 2 aromatic carbocycles. The predicted octanol–water partition coefficient (Wildman–Crippen LogP) is 3.67. The summed E-state index contributed by atoms with van der Waals surface area (Å²) < 4.78 is 0. The number of hydrogen-bond acceptors (Lipinski definition) is 2. The molecule has 0 spiro atoms. The fraction of sp³-hybridized carbons (Fsp3) is 0.273. The second-order valence-corrected chi connectivity index (χ2v) is 7.30. The molecule has 4 heteroatoms.